The topological polar surface area (TPSA) is 68.0 Å². The van der Waals surface area contributed by atoms with Gasteiger partial charge in [-0.25, -0.2) is 14.4 Å². The number of thioether (sulfide) groups is 1. The molecule has 3 rings (SSSR count). The minimum atomic E-state index is -0.330. The average molecular weight is 331 g/mol. The van der Waals surface area contributed by atoms with Gasteiger partial charge in [0, 0.05) is 16.9 Å². The van der Waals surface area contributed by atoms with Crippen molar-refractivity contribution in [1.82, 2.24) is 9.97 Å². The van der Waals surface area contributed by atoms with Gasteiger partial charge in [-0.05, 0) is 26.0 Å². The van der Waals surface area contributed by atoms with Crippen molar-refractivity contribution in [2.75, 3.05) is 6.79 Å². The molecule has 0 saturated heterocycles. The summed E-state index contributed by atoms with van der Waals surface area (Å²) in [5.74, 6) is 1.38. The molecule has 1 aliphatic heterocycles. The summed E-state index contributed by atoms with van der Waals surface area (Å²) in [6, 6.07) is 5.00. The Hall–Kier alpha value is -2.17. The molecule has 5 nitrogen and oxygen atoms in total. The van der Waals surface area contributed by atoms with Gasteiger partial charge in [0.2, 0.25) is 0 Å². The van der Waals surface area contributed by atoms with Crippen molar-refractivity contribution >= 4 is 11.8 Å². The first-order valence-electron chi connectivity index (χ1n) is 6.98. The van der Waals surface area contributed by atoms with E-state index >= 15 is 0 Å². The zero-order valence-electron chi connectivity index (χ0n) is 12.7. The summed E-state index contributed by atoms with van der Waals surface area (Å²) in [7, 11) is 0. The smallest absolute Gasteiger partial charge is 0.189 e. The fraction of sp³-hybridized carbons (Fsp3) is 0.312. The minimum absolute atomic E-state index is 0.158. The number of benzene rings is 1. The van der Waals surface area contributed by atoms with Crippen molar-refractivity contribution in [3.8, 4) is 11.8 Å². The lowest BCUT2D eigenvalue weighted by atomic mass is 10.1. The summed E-state index contributed by atoms with van der Waals surface area (Å²) in [6.45, 7) is 4.05. The predicted octanol–water partition coefficient (Wildman–Crippen LogP) is 3.26. The lowest BCUT2D eigenvalue weighted by Gasteiger charge is -2.20. The highest BCUT2D eigenvalue weighted by Crippen LogP contribution is 2.34. The maximum atomic E-state index is 13.8. The van der Waals surface area contributed by atoms with Crippen molar-refractivity contribution in [2.24, 2.45) is 0 Å². The van der Waals surface area contributed by atoms with Gasteiger partial charge in [-0.1, -0.05) is 0 Å². The Kier molecular flexibility index (Phi) is 4.46. The molecule has 7 heteroatoms. The first kappa shape index (κ1) is 15.7. The van der Waals surface area contributed by atoms with E-state index in [2.05, 4.69) is 16.0 Å². The Morgan fingerprint density at radius 1 is 1.35 bits per heavy atom. The molecule has 0 saturated carbocycles. The molecule has 1 aliphatic rings. The lowest BCUT2D eigenvalue weighted by Crippen LogP contribution is -2.13. The number of rotatable bonds is 3. The molecule has 2 aromatic rings. The third-order valence-electron chi connectivity index (χ3n) is 3.40. The molecule has 23 heavy (non-hydrogen) atoms. The van der Waals surface area contributed by atoms with Gasteiger partial charge in [0.05, 0.1) is 12.3 Å². The Bertz CT molecular complexity index is 805. The standard InChI is InChI=1S/C16H14FN3O2S/c1-9-14(5-18)16(20-10(2)19-9)23-7-12-4-13(17)3-11-6-21-8-22-15(11)12/h3-4H,6-8H2,1-2H3. The van der Waals surface area contributed by atoms with Crippen LogP contribution in [-0.2, 0) is 17.1 Å². The number of aromatic nitrogens is 2. The predicted molar refractivity (Wildman–Crippen MR) is 82.5 cm³/mol. The molecule has 0 radical (unpaired) electrons. The Balaban J connectivity index is 1.90. The van der Waals surface area contributed by atoms with E-state index in [9.17, 15) is 9.65 Å². The number of nitrogens with zero attached hydrogens (tertiary/aromatic N) is 3. The van der Waals surface area contributed by atoms with E-state index in [4.69, 9.17) is 9.47 Å². The summed E-state index contributed by atoms with van der Waals surface area (Å²) < 4.78 is 24.4. The summed E-state index contributed by atoms with van der Waals surface area (Å²) in [6.07, 6.45) is 0. The largest absolute Gasteiger partial charge is 0.467 e. The maximum Gasteiger partial charge on any atom is 0.189 e. The summed E-state index contributed by atoms with van der Waals surface area (Å²) >= 11 is 1.37. The molecule has 0 aliphatic carbocycles. The zero-order valence-corrected chi connectivity index (χ0v) is 13.5. The van der Waals surface area contributed by atoms with E-state index < -0.39 is 0 Å². The van der Waals surface area contributed by atoms with Gasteiger partial charge in [-0.15, -0.1) is 11.8 Å². The van der Waals surface area contributed by atoms with Crippen molar-refractivity contribution in [3.05, 3.63) is 46.2 Å². The van der Waals surface area contributed by atoms with Crippen LogP contribution in [0, 0.1) is 31.0 Å². The average Bonchev–Trinajstić information content (AvgIpc) is 2.52. The fourth-order valence-corrected chi connectivity index (χ4v) is 3.47. The highest BCUT2D eigenvalue weighted by Gasteiger charge is 2.18. The monoisotopic (exact) mass is 331 g/mol. The SMILES string of the molecule is Cc1nc(C)c(C#N)c(SCc2cc(F)cc3c2OCOC3)n1. The summed E-state index contributed by atoms with van der Waals surface area (Å²) in [5.41, 5.74) is 2.53. The van der Waals surface area contributed by atoms with Crippen LogP contribution in [0.15, 0.2) is 17.2 Å². The number of halogens is 1. The molecule has 118 valence electrons. The zero-order chi connectivity index (χ0) is 16.4. The van der Waals surface area contributed by atoms with E-state index in [-0.39, 0.29) is 12.6 Å². The second-order valence-electron chi connectivity index (χ2n) is 5.10. The Morgan fingerprint density at radius 3 is 2.96 bits per heavy atom. The number of aryl methyl sites for hydroxylation is 2. The van der Waals surface area contributed by atoms with Gasteiger partial charge in [0.25, 0.3) is 0 Å². The van der Waals surface area contributed by atoms with Crippen LogP contribution in [0.5, 0.6) is 5.75 Å². The first-order chi connectivity index (χ1) is 11.1. The van der Waals surface area contributed by atoms with E-state index in [1.165, 1.54) is 23.9 Å². The van der Waals surface area contributed by atoms with E-state index in [0.717, 1.165) is 5.56 Å². The van der Waals surface area contributed by atoms with Crippen molar-refractivity contribution in [1.29, 1.82) is 5.26 Å². The van der Waals surface area contributed by atoms with E-state index in [1.807, 2.05) is 0 Å². The van der Waals surface area contributed by atoms with Gasteiger partial charge < -0.3 is 9.47 Å². The molecular weight excluding hydrogens is 317 g/mol. The normalized spacial score (nSPS) is 13.1. The number of ether oxygens (including phenoxy) is 2. The van der Waals surface area contributed by atoms with Crippen LogP contribution in [0.4, 0.5) is 4.39 Å². The molecule has 1 aromatic carbocycles. The van der Waals surface area contributed by atoms with E-state index in [1.54, 1.807) is 13.8 Å². The molecule has 1 aromatic heterocycles. The number of fused-ring (bicyclic) bond motifs is 1. The number of hydrogen-bond acceptors (Lipinski definition) is 6. The molecule has 2 heterocycles. The second-order valence-corrected chi connectivity index (χ2v) is 6.06. The first-order valence-corrected chi connectivity index (χ1v) is 7.97. The molecule has 0 unspecified atom stereocenters. The van der Waals surface area contributed by atoms with Gasteiger partial charge in [0.15, 0.2) is 6.79 Å². The summed E-state index contributed by atoms with van der Waals surface area (Å²) in [5, 5.41) is 9.88. The van der Waals surface area contributed by atoms with Crippen LogP contribution in [0.25, 0.3) is 0 Å². The van der Waals surface area contributed by atoms with Crippen LogP contribution in [-0.4, -0.2) is 16.8 Å². The molecule has 0 N–H and O–H groups in total. The second kappa shape index (κ2) is 6.52. The Morgan fingerprint density at radius 2 is 2.17 bits per heavy atom. The number of nitriles is 1. The van der Waals surface area contributed by atoms with Gasteiger partial charge in [-0.3, -0.25) is 0 Å². The van der Waals surface area contributed by atoms with Gasteiger partial charge >= 0.3 is 0 Å². The van der Waals surface area contributed by atoms with Crippen molar-refractivity contribution in [3.63, 3.8) is 0 Å². The van der Waals surface area contributed by atoms with Crippen LogP contribution >= 0.6 is 11.8 Å². The van der Waals surface area contributed by atoms with Crippen molar-refractivity contribution in [2.45, 2.75) is 31.2 Å². The molecular formula is C16H14FN3O2S. The van der Waals surface area contributed by atoms with E-state index in [0.29, 0.717) is 45.8 Å². The molecule has 0 atom stereocenters. The third-order valence-corrected chi connectivity index (χ3v) is 4.42. The van der Waals surface area contributed by atoms with Crippen LogP contribution in [0.2, 0.25) is 0 Å². The Labute approximate surface area is 137 Å². The quantitative estimate of drug-likeness (QED) is 0.635. The van der Waals surface area contributed by atoms with Gasteiger partial charge in [-0.2, -0.15) is 5.26 Å². The molecule has 0 fully saturated rings. The minimum Gasteiger partial charge on any atom is -0.467 e. The van der Waals surface area contributed by atoms with Crippen LogP contribution in [0.1, 0.15) is 28.2 Å². The van der Waals surface area contributed by atoms with Crippen LogP contribution in [0.3, 0.4) is 0 Å². The van der Waals surface area contributed by atoms with Crippen molar-refractivity contribution < 1.29 is 13.9 Å². The molecule has 0 bridgehead atoms. The van der Waals surface area contributed by atoms with Crippen LogP contribution < -0.4 is 4.74 Å². The third kappa shape index (κ3) is 3.28. The van der Waals surface area contributed by atoms with Gasteiger partial charge in [0.1, 0.15) is 34.0 Å². The fourth-order valence-electron chi connectivity index (χ4n) is 2.42. The summed E-state index contributed by atoms with van der Waals surface area (Å²) in [4.78, 5) is 8.52. The highest BCUT2D eigenvalue weighted by molar-refractivity contribution is 7.98. The molecule has 0 amide bonds. The highest BCUT2D eigenvalue weighted by atomic mass is 32.2. The molecule has 0 spiro atoms. The lowest BCUT2D eigenvalue weighted by molar-refractivity contribution is -0.0171. The number of hydrogen-bond donors (Lipinski definition) is 0. The maximum absolute atomic E-state index is 13.8.